The van der Waals surface area contributed by atoms with Gasteiger partial charge in [-0.25, -0.2) is 0 Å². The minimum absolute atomic E-state index is 0.0278. The van der Waals surface area contributed by atoms with Gasteiger partial charge in [0.15, 0.2) is 0 Å². The van der Waals surface area contributed by atoms with Gasteiger partial charge in [0.1, 0.15) is 5.75 Å². The molecule has 1 rings (SSSR count). The highest BCUT2D eigenvalue weighted by Crippen LogP contribution is 2.26. The van der Waals surface area contributed by atoms with Crippen molar-refractivity contribution in [2.75, 3.05) is 20.7 Å². The van der Waals surface area contributed by atoms with E-state index in [-0.39, 0.29) is 5.91 Å². The van der Waals surface area contributed by atoms with Crippen LogP contribution in [-0.2, 0) is 4.79 Å². The third-order valence-electron chi connectivity index (χ3n) is 1.97. The van der Waals surface area contributed by atoms with Gasteiger partial charge in [0.05, 0.1) is 23.1 Å². The van der Waals surface area contributed by atoms with E-state index >= 15 is 0 Å². The fourth-order valence-corrected chi connectivity index (χ4v) is 1.33. The molecule has 5 heteroatoms. The molecule has 0 saturated heterocycles. The lowest BCUT2D eigenvalue weighted by Crippen LogP contribution is -2.23. The standard InChI is InChI=1S/C11H13Cl2NO2/c1-14(2)11(15)5-6-16-8-3-4-9(12)10(13)7-8/h3-4,7H,5-6H2,1-2H3. The van der Waals surface area contributed by atoms with Crippen molar-refractivity contribution in [1.29, 1.82) is 0 Å². The molecule has 88 valence electrons. The Bertz CT molecular complexity index is 380. The molecule has 1 aromatic carbocycles. The van der Waals surface area contributed by atoms with Gasteiger partial charge in [-0.15, -0.1) is 0 Å². The lowest BCUT2D eigenvalue weighted by atomic mass is 10.3. The van der Waals surface area contributed by atoms with Crippen LogP contribution in [0.3, 0.4) is 0 Å². The van der Waals surface area contributed by atoms with Crippen molar-refractivity contribution in [3.05, 3.63) is 28.2 Å². The highest BCUT2D eigenvalue weighted by atomic mass is 35.5. The number of rotatable bonds is 4. The number of hydrogen-bond acceptors (Lipinski definition) is 2. The summed E-state index contributed by atoms with van der Waals surface area (Å²) in [6.45, 7) is 0.328. The van der Waals surface area contributed by atoms with Gasteiger partial charge in [0.2, 0.25) is 5.91 Å². The molecule has 16 heavy (non-hydrogen) atoms. The molecule has 0 aliphatic carbocycles. The molecule has 0 aromatic heterocycles. The molecular formula is C11H13Cl2NO2. The molecule has 0 atom stereocenters. The zero-order valence-corrected chi connectivity index (χ0v) is 10.7. The van der Waals surface area contributed by atoms with E-state index in [2.05, 4.69) is 0 Å². The molecule has 0 aliphatic rings. The van der Waals surface area contributed by atoms with Crippen molar-refractivity contribution in [2.24, 2.45) is 0 Å². The van der Waals surface area contributed by atoms with Crippen LogP contribution in [0.2, 0.25) is 10.0 Å². The third kappa shape index (κ3) is 3.91. The predicted octanol–water partition coefficient (Wildman–Crippen LogP) is 2.85. The Morgan fingerprint density at radius 3 is 2.56 bits per heavy atom. The van der Waals surface area contributed by atoms with Gasteiger partial charge in [-0.1, -0.05) is 23.2 Å². The highest BCUT2D eigenvalue weighted by Gasteiger charge is 2.05. The number of nitrogens with zero attached hydrogens (tertiary/aromatic N) is 1. The van der Waals surface area contributed by atoms with Crippen molar-refractivity contribution in [3.8, 4) is 5.75 Å². The summed E-state index contributed by atoms with van der Waals surface area (Å²) in [6.07, 6.45) is 0.341. The average molecular weight is 262 g/mol. The maximum Gasteiger partial charge on any atom is 0.225 e. The van der Waals surface area contributed by atoms with Crippen molar-refractivity contribution >= 4 is 29.1 Å². The topological polar surface area (TPSA) is 29.5 Å². The Balaban J connectivity index is 2.43. The SMILES string of the molecule is CN(C)C(=O)CCOc1ccc(Cl)c(Cl)c1. The van der Waals surface area contributed by atoms with Crippen LogP contribution < -0.4 is 4.74 Å². The van der Waals surface area contributed by atoms with E-state index in [1.807, 2.05) is 0 Å². The van der Waals surface area contributed by atoms with Crippen LogP contribution in [0, 0.1) is 0 Å². The van der Waals surface area contributed by atoms with Gasteiger partial charge in [-0.05, 0) is 12.1 Å². The number of hydrogen-bond donors (Lipinski definition) is 0. The quantitative estimate of drug-likeness (QED) is 0.835. The molecule has 0 radical (unpaired) electrons. The molecule has 3 nitrogen and oxygen atoms in total. The molecule has 0 N–H and O–H groups in total. The Kier molecular flexibility index (Phi) is 4.90. The van der Waals surface area contributed by atoms with Crippen LogP contribution >= 0.6 is 23.2 Å². The first kappa shape index (κ1) is 13.1. The summed E-state index contributed by atoms with van der Waals surface area (Å²) in [4.78, 5) is 12.8. The lowest BCUT2D eigenvalue weighted by molar-refractivity contribution is -0.129. The molecule has 1 amide bonds. The van der Waals surface area contributed by atoms with E-state index < -0.39 is 0 Å². The fourth-order valence-electron chi connectivity index (χ4n) is 1.05. The third-order valence-corrected chi connectivity index (χ3v) is 2.71. The van der Waals surface area contributed by atoms with Gasteiger partial charge in [0, 0.05) is 20.2 Å². The molecule has 0 heterocycles. The van der Waals surface area contributed by atoms with Crippen LogP contribution in [0.25, 0.3) is 0 Å². The van der Waals surface area contributed by atoms with Crippen molar-refractivity contribution in [2.45, 2.75) is 6.42 Å². The van der Waals surface area contributed by atoms with E-state index in [1.54, 1.807) is 32.3 Å². The summed E-state index contributed by atoms with van der Waals surface area (Å²) in [7, 11) is 3.42. The minimum Gasteiger partial charge on any atom is -0.493 e. The van der Waals surface area contributed by atoms with E-state index in [4.69, 9.17) is 27.9 Å². The molecule has 0 aliphatic heterocycles. The number of ether oxygens (including phenoxy) is 1. The van der Waals surface area contributed by atoms with E-state index in [0.717, 1.165) is 0 Å². The zero-order valence-electron chi connectivity index (χ0n) is 9.17. The van der Waals surface area contributed by atoms with E-state index in [0.29, 0.717) is 28.8 Å². The van der Waals surface area contributed by atoms with Crippen LogP contribution in [0.5, 0.6) is 5.75 Å². The van der Waals surface area contributed by atoms with E-state index in [9.17, 15) is 4.79 Å². The summed E-state index contributed by atoms with van der Waals surface area (Å²) in [5.41, 5.74) is 0. The first-order valence-electron chi connectivity index (χ1n) is 4.78. The molecule has 1 aromatic rings. The van der Waals surface area contributed by atoms with Crippen LogP contribution in [0.4, 0.5) is 0 Å². The summed E-state index contributed by atoms with van der Waals surface area (Å²) in [5.74, 6) is 0.640. The maximum atomic E-state index is 11.3. The molecular weight excluding hydrogens is 249 g/mol. The molecule has 0 spiro atoms. The second-order valence-electron chi connectivity index (χ2n) is 3.46. The number of carbonyl (C=O) groups excluding carboxylic acids is 1. The Labute approximate surface area is 105 Å². The number of carbonyl (C=O) groups is 1. The van der Waals surface area contributed by atoms with Gasteiger partial charge in [-0.2, -0.15) is 0 Å². The average Bonchev–Trinajstić information content (AvgIpc) is 2.23. The molecule has 0 bridgehead atoms. The normalized spacial score (nSPS) is 10.0. The molecule has 0 unspecified atom stereocenters. The first-order valence-corrected chi connectivity index (χ1v) is 5.54. The van der Waals surface area contributed by atoms with Crippen molar-refractivity contribution in [1.82, 2.24) is 4.90 Å². The maximum absolute atomic E-state index is 11.3. The zero-order chi connectivity index (χ0) is 12.1. The van der Waals surface area contributed by atoms with Crippen molar-refractivity contribution < 1.29 is 9.53 Å². The first-order chi connectivity index (χ1) is 7.50. The fraction of sp³-hybridized carbons (Fsp3) is 0.364. The second-order valence-corrected chi connectivity index (χ2v) is 4.28. The van der Waals surface area contributed by atoms with Crippen LogP contribution in [-0.4, -0.2) is 31.5 Å². The van der Waals surface area contributed by atoms with Crippen LogP contribution in [0.15, 0.2) is 18.2 Å². The van der Waals surface area contributed by atoms with Gasteiger partial charge >= 0.3 is 0 Å². The van der Waals surface area contributed by atoms with Gasteiger partial charge in [-0.3, -0.25) is 4.79 Å². The largest absolute Gasteiger partial charge is 0.493 e. The number of halogens is 2. The van der Waals surface area contributed by atoms with Gasteiger partial charge in [0.25, 0.3) is 0 Å². The van der Waals surface area contributed by atoms with Crippen molar-refractivity contribution in [3.63, 3.8) is 0 Å². The Morgan fingerprint density at radius 1 is 1.31 bits per heavy atom. The van der Waals surface area contributed by atoms with Gasteiger partial charge < -0.3 is 9.64 Å². The molecule has 0 saturated carbocycles. The number of benzene rings is 1. The monoisotopic (exact) mass is 261 g/mol. The minimum atomic E-state index is 0.0278. The second kappa shape index (κ2) is 5.97. The smallest absolute Gasteiger partial charge is 0.225 e. The predicted molar refractivity (Wildman–Crippen MR) is 65.3 cm³/mol. The summed E-state index contributed by atoms with van der Waals surface area (Å²) in [6, 6.07) is 5.01. The summed E-state index contributed by atoms with van der Waals surface area (Å²) < 4.78 is 5.37. The van der Waals surface area contributed by atoms with E-state index in [1.165, 1.54) is 4.90 Å². The lowest BCUT2D eigenvalue weighted by Gasteiger charge is -2.11. The highest BCUT2D eigenvalue weighted by molar-refractivity contribution is 6.42. The number of amides is 1. The molecule has 0 fully saturated rings. The summed E-state index contributed by atoms with van der Waals surface area (Å²) >= 11 is 11.6. The Morgan fingerprint density at radius 2 is 2.00 bits per heavy atom. The van der Waals surface area contributed by atoms with Crippen LogP contribution in [0.1, 0.15) is 6.42 Å². The Hall–Kier alpha value is -0.930. The summed E-state index contributed by atoms with van der Waals surface area (Å²) in [5, 5.41) is 0.927.